The van der Waals surface area contributed by atoms with Crippen molar-refractivity contribution in [3.05, 3.63) is 63.6 Å². The molecule has 0 unspecified atom stereocenters. The van der Waals surface area contributed by atoms with Crippen molar-refractivity contribution >= 4 is 38.4 Å². The molecule has 7 nitrogen and oxygen atoms in total. The van der Waals surface area contributed by atoms with Gasteiger partial charge in [-0.3, -0.25) is 9.59 Å². The largest absolute Gasteiger partial charge is 0.348 e. The summed E-state index contributed by atoms with van der Waals surface area (Å²) in [6.45, 7) is 0.291. The van der Waals surface area contributed by atoms with Crippen LogP contribution >= 0.6 is 11.3 Å². The van der Waals surface area contributed by atoms with Crippen LogP contribution < -0.4 is 10.9 Å². The SMILES string of the molecule is O=C(NCCn1nnc2ccc(F)cc2c1=O)c1nc2ccccc2s1. The molecule has 0 saturated carbocycles. The topological polar surface area (TPSA) is 89.8 Å². The zero-order chi connectivity index (χ0) is 18.1. The number of nitrogens with zero attached hydrogens (tertiary/aromatic N) is 4. The van der Waals surface area contributed by atoms with Crippen LogP contribution in [0.5, 0.6) is 0 Å². The van der Waals surface area contributed by atoms with Gasteiger partial charge in [0, 0.05) is 6.54 Å². The minimum atomic E-state index is -0.515. The smallest absolute Gasteiger partial charge is 0.280 e. The minimum Gasteiger partial charge on any atom is -0.348 e. The molecule has 130 valence electrons. The van der Waals surface area contributed by atoms with Crippen molar-refractivity contribution in [3.63, 3.8) is 0 Å². The van der Waals surface area contributed by atoms with Crippen molar-refractivity contribution in [2.75, 3.05) is 6.54 Å². The molecular formula is C17H12FN5O2S. The first kappa shape index (κ1) is 16.3. The Kier molecular flexibility index (Phi) is 4.13. The number of nitrogens with one attached hydrogen (secondary N) is 1. The Labute approximate surface area is 150 Å². The summed E-state index contributed by atoms with van der Waals surface area (Å²) in [5.41, 5.74) is 0.635. The van der Waals surface area contributed by atoms with Crippen LogP contribution in [0.15, 0.2) is 47.3 Å². The Morgan fingerprint density at radius 3 is 2.88 bits per heavy atom. The molecule has 2 aromatic carbocycles. The molecule has 2 heterocycles. The summed E-state index contributed by atoms with van der Waals surface area (Å²) in [5.74, 6) is -0.836. The first-order valence-corrected chi connectivity index (χ1v) is 8.60. The average molecular weight is 369 g/mol. The molecule has 0 aliphatic carbocycles. The monoisotopic (exact) mass is 369 g/mol. The van der Waals surface area contributed by atoms with Crippen molar-refractivity contribution in [3.8, 4) is 0 Å². The van der Waals surface area contributed by atoms with Crippen LogP contribution in [0, 0.1) is 5.82 Å². The third kappa shape index (κ3) is 3.04. The Bertz CT molecular complexity index is 1150. The highest BCUT2D eigenvalue weighted by atomic mass is 32.1. The predicted molar refractivity (Wildman–Crippen MR) is 95.7 cm³/mol. The van der Waals surface area contributed by atoms with E-state index in [9.17, 15) is 14.0 Å². The maximum atomic E-state index is 13.3. The number of carbonyl (C=O) groups excluding carboxylic acids is 1. The number of aromatic nitrogens is 4. The molecule has 0 saturated heterocycles. The molecule has 0 bridgehead atoms. The summed E-state index contributed by atoms with van der Waals surface area (Å²) in [7, 11) is 0. The highest BCUT2D eigenvalue weighted by molar-refractivity contribution is 7.20. The van der Waals surface area contributed by atoms with Gasteiger partial charge >= 0.3 is 0 Å². The Balaban J connectivity index is 1.47. The molecule has 9 heteroatoms. The van der Waals surface area contributed by atoms with Gasteiger partial charge in [0.25, 0.3) is 11.5 Å². The van der Waals surface area contributed by atoms with Crippen molar-refractivity contribution in [1.82, 2.24) is 25.3 Å². The minimum absolute atomic E-state index is 0.120. The molecule has 0 aliphatic rings. The quantitative estimate of drug-likeness (QED) is 0.594. The summed E-state index contributed by atoms with van der Waals surface area (Å²) in [4.78, 5) is 28.8. The van der Waals surface area contributed by atoms with Crippen LogP contribution in [-0.2, 0) is 6.54 Å². The number of hydrogen-bond donors (Lipinski definition) is 1. The molecule has 0 radical (unpaired) electrons. The summed E-state index contributed by atoms with van der Waals surface area (Å²) in [6.07, 6.45) is 0. The van der Waals surface area contributed by atoms with E-state index in [0.717, 1.165) is 21.0 Å². The fourth-order valence-corrected chi connectivity index (χ4v) is 3.40. The van der Waals surface area contributed by atoms with Crippen LogP contribution in [-0.4, -0.2) is 32.4 Å². The average Bonchev–Trinajstić information content (AvgIpc) is 3.08. The molecule has 0 fully saturated rings. The van der Waals surface area contributed by atoms with Crippen LogP contribution in [0.1, 0.15) is 9.80 Å². The van der Waals surface area contributed by atoms with E-state index < -0.39 is 11.4 Å². The van der Waals surface area contributed by atoms with E-state index in [4.69, 9.17) is 0 Å². The first-order valence-electron chi connectivity index (χ1n) is 7.79. The molecule has 1 amide bonds. The third-order valence-corrected chi connectivity index (χ3v) is 4.82. The molecule has 0 spiro atoms. The van der Waals surface area contributed by atoms with Gasteiger partial charge in [0.15, 0.2) is 5.01 Å². The molecule has 4 rings (SSSR count). The summed E-state index contributed by atoms with van der Waals surface area (Å²) >= 11 is 1.30. The fraction of sp³-hybridized carbons (Fsp3) is 0.118. The number of hydrogen-bond acceptors (Lipinski definition) is 6. The number of thiazole rings is 1. The van der Waals surface area contributed by atoms with Gasteiger partial charge in [-0.2, -0.15) is 0 Å². The first-order chi connectivity index (χ1) is 12.6. The molecule has 0 aliphatic heterocycles. The van der Waals surface area contributed by atoms with Gasteiger partial charge in [0.1, 0.15) is 11.3 Å². The van der Waals surface area contributed by atoms with E-state index in [1.165, 1.54) is 23.5 Å². The third-order valence-electron chi connectivity index (χ3n) is 3.78. The highest BCUT2D eigenvalue weighted by Crippen LogP contribution is 2.21. The zero-order valence-electron chi connectivity index (χ0n) is 13.3. The van der Waals surface area contributed by atoms with Crippen molar-refractivity contribution in [2.45, 2.75) is 6.54 Å². The van der Waals surface area contributed by atoms with E-state index >= 15 is 0 Å². The van der Waals surface area contributed by atoms with E-state index in [-0.39, 0.29) is 24.4 Å². The fourth-order valence-electron chi connectivity index (χ4n) is 2.52. The normalized spacial score (nSPS) is 11.1. The molecule has 4 aromatic rings. The number of fused-ring (bicyclic) bond motifs is 2. The number of para-hydroxylation sites is 1. The van der Waals surface area contributed by atoms with Crippen LogP contribution in [0.25, 0.3) is 21.1 Å². The number of benzene rings is 2. The van der Waals surface area contributed by atoms with Crippen LogP contribution in [0.2, 0.25) is 0 Å². The van der Waals surface area contributed by atoms with Crippen LogP contribution in [0.3, 0.4) is 0 Å². The van der Waals surface area contributed by atoms with Gasteiger partial charge in [0.05, 0.1) is 22.1 Å². The van der Waals surface area contributed by atoms with E-state index in [1.807, 2.05) is 24.3 Å². The van der Waals surface area contributed by atoms with Gasteiger partial charge in [-0.25, -0.2) is 14.1 Å². The summed E-state index contributed by atoms with van der Waals surface area (Å²) in [6, 6.07) is 11.2. The van der Waals surface area contributed by atoms with E-state index in [0.29, 0.717) is 10.5 Å². The molecule has 0 atom stereocenters. The van der Waals surface area contributed by atoms with Crippen molar-refractivity contribution < 1.29 is 9.18 Å². The van der Waals surface area contributed by atoms with Gasteiger partial charge in [-0.05, 0) is 30.3 Å². The number of carbonyl (C=O) groups is 1. The van der Waals surface area contributed by atoms with E-state index in [1.54, 1.807) is 0 Å². The number of amides is 1. The second-order valence-corrected chi connectivity index (χ2v) is 6.55. The number of halogens is 1. The summed E-state index contributed by atoms with van der Waals surface area (Å²) < 4.78 is 15.3. The maximum absolute atomic E-state index is 13.3. The number of rotatable bonds is 4. The van der Waals surface area contributed by atoms with Crippen LogP contribution in [0.4, 0.5) is 4.39 Å². The molecule has 2 aromatic heterocycles. The van der Waals surface area contributed by atoms with Crippen molar-refractivity contribution in [2.24, 2.45) is 0 Å². The molecule has 26 heavy (non-hydrogen) atoms. The van der Waals surface area contributed by atoms with Gasteiger partial charge in [-0.15, -0.1) is 16.4 Å². The lowest BCUT2D eigenvalue weighted by molar-refractivity contribution is 0.0951. The lowest BCUT2D eigenvalue weighted by Gasteiger charge is -2.05. The molecular weight excluding hydrogens is 357 g/mol. The maximum Gasteiger partial charge on any atom is 0.280 e. The zero-order valence-corrected chi connectivity index (χ0v) is 14.2. The Morgan fingerprint density at radius 2 is 2.04 bits per heavy atom. The van der Waals surface area contributed by atoms with Gasteiger partial charge < -0.3 is 5.32 Å². The highest BCUT2D eigenvalue weighted by Gasteiger charge is 2.12. The second kappa shape index (κ2) is 6.60. The predicted octanol–water partition coefficient (Wildman–Crippen LogP) is 1.97. The van der Waals surface area contributed by atoms with Crippen molar-refractivity contribution in [1.29, 1.82) is 0 Å². The Morgan fingerprint density at radius 1 is 1.19 bits per heavy atom. The van der Waals surface area contributed by atoms with Gasteiger partial charge in [-0.1, -0.05) is 17.3 Å². The second-order valence-electron chi connectivity index (χ2n) is 5.52. The lowest BCUT2D eigenvalue weighted by atomic mass is 10.2. The Hall–Kier alpha value is -3.20. The molecule has 1 N–H and O–H groups in total. The lowest BCUT2D eigenvalue weighted by Crippen LogP contribution is -2.32. The van der Waals surface area contributed by atoms with E-state index in [2.05, 4.69) is 20.6 Å². The summed E-state index contributed by atoms with van der Waals surface area (Å²) in [5, 5.41) is 10.9. The standard InChI is InChI=1S/C17H12FN5O2S/c18-10-5-6-12-11(9-10)17(25)23(22-21-12)8-7-19-15(24)16-20-13-3-1-2-4-14(13)26-16/h1-6,9H,7-8H2,(H,19,24). The van der Waals surface area contributed by atoms with Gasteiger partial charge in [0.2, 0.25) is 0 Å².